The van der Waals surface area contributed by atoms with Gasteiger partial charge in [0.1, 0.15) is 5.15 Å². The molecule has 2 N–H and O–H groups in total. The van der Waals surface area contributed by atoms with Gasteiger partial charge in [-0.15, -0.1) is 0 Å². The number of guanidine groups is 1. The predicted octanol–water partition coefficient (Wildman–Crippen LogP) is 3.62. The van der Waals surface area contributed by atoms with Gasteiger partial charge < -0.3 is 10.6 Å². The molecule has 4 nitrogen and oxygen atoms in total. The summed E-state index contributed by atoms with van der Waals surface area (Å²) in [6, 6.07) is 8.53. The summed E-state index contributed by atoms with van der Waals surface area (Å²) >= 11 is 5.72. The zero-order chi connectivity index (χ0) is 17.6. The minimum Gasteiger partial charge on any atom is -0.352 e. The molecular formula is C16H16ClF3N4. The lowest BCUT2D eigenvalue weighted by Gasteiger charge is -2.12. The van der Waals surface area contributed by atoms with Crippen LogP contribution in [0.2, 0.25) is 5.15 Å². The Morgan fingerprint density at radius 2 is 1.62 bits per heavy atom. The molecule has 2 rings (SSSR count). The van der Waals surface area contributed by atoms with Crippen LogP contribution in [-0.2, 0) is 19.3 Å². The van der Waals surface area contributed by atoms with Crippen LogP contribution in [0.15, 0.2) is 47.6 Å². The average molecular weight is 357 g/mol. The molecule has 0 spiro atoms. The van der Waals surface area contributed by atoms with Crippen LogP contribution >= 0.6 is 11.6 Å². The summed E-state index contributed by atoms with van der Waals surface area (Å²) in [7, 11) is 1.61. The molecule has 0 amide bonds. The zero-order valence-electron chi connectivity index (χ0n) is 12.9. The second kappa shape index (κ2) is 8.01. The summed E-state index contributed by atoms with van der Waals surface area (Å²) in [4.78, 5) is 8.04. The summed E-state index contributed by atoms with van der Waals surface area (Å²) in [5.41, 5.74) is 0.986. The Kier molecular flexibility index (Phi) is 6.03. The van der Waals surface area contributed by atoms with Gasteiger partial charge in [-0.3, -0.25) is 4.99 Å². The van der Waals surface area contributed by atoms with Crippen LogP contribution in [0.4, 0.5) is 13.2 Å². The van der Waals surface area contributed by atoms with Crippen molar-refractivity contribution in [3.05, 3.63) is 64.4 Å². The molecule has 0 atom stereocenters. The minimum absolute atomic E-state index is 0.358. The SMILES string of the molecule is CN=C(NCc1ccc(C(F)(F)F)cc1)NCc1ccc(Cl)nc1. The Hall–Kier alpha value is -2.28. The highest BCUT2D eigenvalue weighted by atomic mass is 35.5. The van der Waals surface area contributed by atoms with Crippen LogP contribution in [0.1, 0.15) is 16.7 Å². The maximum absolute atomic E-state index is 12.5. The van der Waals surface area contributed by atoms with Crippen molar-refractivity contribution < 1.29 is 13.2 Å². The third-order valence-corrected chi connectivity index (χ3v) is 3.44. The van der Waals surface area contributed by atoms with Crippen molar-refractivity contribution in [2.75, 3.05) is 7.05 Å². The molecule has 0 saturated heterocycles. The number of benzene rings is 1. The fourth-order valence-electron chi connectivity index (χ4n) is 1.91. The fourth-order valence-corrected chi connectivity index (χ4v) is 2.03. The molecule has 0 radical (unpaired) electrons. The van der Waals surface area contributed by atoms with Gasteiger partial charge in [-0.1, -0.05) is 29.8 Å². The number of rotatable bonds is 4. The van der Waals surface area contributed by atoms with Crippen molar-refractivity contribution >= 4 is 17.6 Å². The predicted molar refractivity (Wildman–Crippen MR) is 87.7 cm³/mol. The van der Waals surface area contributed by atoms with Gasteiger partial charge in [0, 0.05) is 26.3 Å². The molecule has 8 heteroatoms. The Balaban J connectivity index is 1.86. The van der Waals surface area contributed by atoms with Gasteiger partial charge in [0.25, 0.3) is 0 Å². The van der Waals surface area contributed by atoms with E-state index in [4.69, 9.17) is 11.6 Å². The van der Waals surface area contributed by atoms with Crippen LogP contribution in [0.3, 0.4) is 0 Å². The van der Waals surface area contributed by atoms with Crippen LogP contribution in [0, 0.1) is 0 Å². The van der Waals surface area contributed by atoms with Crippen molar-refractivity contribution in [1.29, 1.82) is 0 Å². The number of halogens is 4. The standard InChI is InChI=1S/C16H16ClF3N4/c1-21-15(24-10-12-4-7-14(17)22-9-12)23-8-11-2-5-13(6-3-11)16(18,19)20/h2-7,9H,8,10H2,1H3,(H2,21,23,24). The number of aliphatic imine (C=N–C) groups is 1. The second-order valence-electron chi connectivity index (χ2n) is 4.96. The molecule has 1 aromatic heterocycles. The van der Waals surface area contributed by atoms with E-state index in [1.807, 2.05) is 6.07 Å². The molecular weight excluding hydrogens is 341 g/mol. The van der Waals surface area contributed by atoms with Crippen molar-refractivity contribution in [3.8, 4) is 0 Å². The summed E-state index contributed by atoms with van der Waals surface area (Å²) in [6.45, 7) is 0.855. The van der Waals surface area contributed by atoms with E-state index >= 15 is 0 Å². The quantitative estimate of drug-likeness (QED) is 0.500. The molecule has 0 unspecified atom stereocenters. The first-order valence-electron chi connectivity index (χ1n) is 7.09. The topological polar surface area (TPSA) is 49.3 Å². The van der Waals surface area contributed by atoms with Gasteiger partial charge >= 0.3 is 6.18 Å². The van der Waals surface area contributed by atoms with Crippen molar-refractivity contribution in [3.63, 3.8) is 0 Å². The lowest BCUT2D eigenvalue weighted by atomic mass is 10.1. The second-order valence-corrected chi connectivity index (χ2v) is 5.35. The highest BCUT2D eigenvalue weighted by Crippen LogP contribution is 2.28. The maximum atomic E-state index is 12.5. The van der Waals surface area contributed by atoms with E-state index in [2.05, 4.69) is 20.6 Å². The smallest absolute Gasteiger partial charge is 0.352 e. The number of alkyl halides is 3. The molecule has 128 valence electrons. The molecule has 0 fully saturated rings. The Morgan fingerprint density at radius 1 is 1.04 bits per heavy atom. The Labute approximate surface area is 142 Å². The molecule has 1 heterocycles. The number of hydrogen-bond donors (Lipinski definition) is 2. The van der Waals surface area contributed by atoms with E-state index in [0.717, 1.165) is 23.3 Å². The van der Waals surface area contributed by atoms with E-state index in [1.165, 1.54) is 12.1 Å². The van der Waals surface area contributed by atoms with Crippen LogP contribution in [-0.4, -0.2) is 18.0 Å². The number of nitrogens with zero attached hydrogens (tertiary/aromatic N) is 2. The Bertz CT molecular complexity index is 682. The van der Waals surface area contributed by atoms with Gasteiger partial charge in [0.05, 0.1) is 5.56 Å². The van der Waals surface area contributed by atoms with Gasteiger partial charge in [-0.25, -0.2) is 4.98 Å². The summed E-state index contributed by atoms with van der Waals surface area (Å²) in [5.74, 6) is 0.532. The lowest BCUT2D eigenvalue weighted by molar-refractivity contribution is -0.137. The van der Waals surface area contributed by atoms with Crippen molar-refractivity contribution in [1.82, 2.24) is 15.6 Å². The normalized spacial score (nSPS) is 12.1. The van der Waals surface area contributed by atoms with Crippen molar-refractivity contribution in [2.45, 2.75) is 19.3 Å². The van der Waals surface area contributed by atoms with Gasteiger partial charge in [-0.05, 0) is 29.3 Å². The van der Waals surface area contributed by atoms with Crippen LogP contribution < -0.4 is 10.6 Å². The summed E-state index contributed by atoms with van der Waals surface area (Å²) < 4.78 is 37.5. The zero-order valence-corrected chi connectivity index (χ0v) is 13.6. The first kappa shape index (κ1) is 18.1. The van der Waals surface area contributed by atoms with E-state index in [9.17, 15) is 13.2 Å². The Morgan fingerprint density at radius 3 is 2.12 bits per heavy atom. The van der Waals surface area contributed by atoms with Gasteiger partial charge in [0.15, 0.2) is 5.96 Å². The summed E-state index contributed by atoms with van der Waals surface area (Å²) in [5, 5.41) is 6.54. The van der Waals surface area contributed by atoms with E-state index in [0.29, 0.717) is 24.2 Å². The third-order valence-electron chi connectivity index (χ3n) is 3.21. The van der Waals surface area contributed by atoms with E-state index in [1.54, 1.807) is 19.3 Å². The molecule has 0 aliphatic rings. The highest BCUT2D eigenvalue weighted by molar-refractivity contribution is 6.29. The molecule has 0 aliphatic carbocycles. The minimum atomic E-state index is -4.32. The highest BCUT2D eigenvalue weighted by Gasteiger charge is 2.29. The molecule has 2 aromatic rings. The lowest BCUT2D eigenvalue weighted by Crippen LogP contribution is -2.36. The molecule has 0 bridgehead atoms. The first-order valence-corrected chi connectivity index (χ1v) is 7.47. The first-order chi connectivity index (χ1) is 11.4. The van der Waals surface area contributed by atoms with Gasteiger partial charge in [0.2, 0.25) is 0 Å². The van der Waals surface area contributed by atoms with Crippen molar-refractivity contribution in [2.24, 2.45) is 4.99 Å². The molecule has 24 heavy (non-hydrogen) atoms. The fraction of sp³-hybridized carbons (Fsp3) is 0.250. The summed E-state index contributed by atoms with van der Waals surface area (Å²) in [6.07, 6.45) is -2.67. The monoisotopic (exact) mass is 356 g/mol. The van der Waals surface area contributed by atoms with Crippen LogP contribution in [0.25, 0.3) is 0 Å². The average Bonchev–Trinajstić information content (AvgIpc) is 2.56. The number of hydrogen-bond acceptors (Lipinski definition) is 2. The number of aromatic nitrogens is 1. The third kappa shape index (κ3) is 5.42. The maximum Gasteiger partial charge on any atom is 0.416 e. The number of pyridine rings is 1. The molecule has 0 aliphatic heterocycles. The van der Waals surface area contributed by atoms with Gasteiger partial charge in [-0.2, -0.15) is 13.2 Å². The van der Waals surface area contributed by atoms with Crippen LogP contribution in [0.5, 0.6) is 0 Å². The van der Waals surface area contributed by atoms with E-state index in [-0.39, 0.29) is 0 Å². The largest absolute Gasteiger partial charge is 0.416 e. The molecule has 0 saturated carbocycles. The molecule has 1 aromatic carbocycles. The van der Waals surface area contributed by atoms with E-state index < -0.39 is 11.7 Å². The number of nitrogens with one attached hydrogen (secondary N) is 2.